The van der Waals surface area contributed by atoms with Gasteiger partial charge in [0.05, 0.1) is 0 Å². The Balaban J connectivity index is 4.06. The monoisotopic (exact) mass is 410 g/mol. The standard InChI is InChI=1S/C30H50/c1-25(2)15-11-19-27(5)17-9-10-18-28(6)21-13-23-30(8)24-14-22-29(7)20-12-16-26(3)4/h15-18,22-23H,9-14,19-21,24H2,1-8H3/b27-17+,28-18+,29-22+,30-23+. The van der Waals surface area contributed by atoms with Crippen molar-refractivity contribution >= 4 is 0 Å². The molecule has 0 atom stereocenters. The van der Waals surface area contributed by atoms with Gasteiger partial charge in [0.2, 0.25) is 0 Å². The molecule has 0 radical (unpaired) electrons. The third-order valence-corrected chi connectivity index (χ3v) is 5.40. The molecule has 0 N–H and O–H groups in total. The van der Waals surface area contributed by atoms with E-state index in [1.54, 1.807) is 0 Å². The third-order valence-electron chi connectivity index (χ3n) is 5.40. The van der Waals surface area contributed by atoms with Gasteiger partial charge in [0.1, 0.15) is 0 Å². The van der Waals surface area contributed by atoms with E-state index in [4.69, 9.17) is 0 Å². The van der Waals surface area contributed by atoms with Crippen molar-refractivity contribution in [2.24, 2.45) is 0 Å². The molecular formula is C30H50. The van der Waals surface area contributed by atoms with Crippen molar-refractivity contribution in [1.82, 2.24) is 0 Å². The number of unbranched alkanes of at least 4 members (excludes halogenated alkanes) is 1. The molecular weight excluding hydrogens is 360 g/mol. The van der Waals surface area contributed by atoms with Crippen molar-refractivity contribution in [3.63, 3.8) is 0 Å². The van der Waals surface area contributed by atoms with Gasteiger partial charge in [-0.1, -0.05) is 69.9 Å². The molecule has 0 heteroatoms. The summed E-state index contributed by atoms with van der Waals surface area (Å²) in [5.74, 6) is 0. The summed E-state index contributed by atoms with van der Waals surface area (Å²) in [4.78, 5) is 0. The summed E-state index contributed by atoms with van der Waals surface area (Å²) in [6.07, 6.45) is 26.2. The van der Waals surface area contributed by atoms with Gasteiger partial charge >= 0.3 is 0 Å². The van der Waals surface area contributed by atoms with E-state index in [1.165, 1.54) is 97.6 Å². The predicted molar refractivity (Wildman–Crippen MR) is 140 cm³/mol. The summed E-state index contributed by atoms with van der Waals surface area (Å²) in [6, 6.07) is 0. The van der Waals surface area contributed by atoms with Gasteiger partial charge in [-0.15, -0.1) is 0 Å². The Hall–Kier alpha value is -1.56. The van der Waals surface area contributed by atoms with Crippen LogP contribution in [0.5, 0.6) is 0 Å². The van der Waals surface area contributed by atoms with Crippen LogP contribution in [-0.4, -0.2) is 0 Å². The van der Waals surface area contributed by atoms with Crippen molar-refractivity contribution in [1.29, 1.82) is 0 Å². The molecule has 0 aromatic rings. The van der Waals surface area contributed by atoms with Crippen LogP contribution in [0.4, 0.5) is 0 Å². The average molecular weight is 411 g/mol. The summed E-state index contributed by atoms with van der Waals surface area (Å²) in [5.41, 5.74) is 8.97. The maximum absolute atomic E-state index is 2.44. The molecule has 0 fully saturated rings. The summed E-state index contributed by atoms with van der Waals surface area (Å²) in [5, 5.41) is 0. The first-order chi connectivity index (χ1) is 14.2. The van der Waals surface area contributed by atoms with Crippen molar-refractivity contribution in [3.8, 4) is 0 Å². The topological polar surface area (TPSA) is 0 Å². The molecule has 0 saturated carbocycles. The summed E-state index contributed by atoms with van der Waals surface area (Å²) in [7, 11) is 0. The smallest absolute Gasteiger partial charge is 0.0288 e. The quantitative estimate of drug-likeness (QED) is 0.186. The van der Waals surface area contributed by atoms with Crippen LogP contribution in [0, 0.1) is 0 Å². The second-order valence-corrected chi connectivity index (χ2v) is 9.50. The van der Waals surface area contributed by atoms with E-state index in [0.717, 1.165) is 0 Å². The lowest BCUT2D eigenvalue weighted by Crippen LogP contribution is -1.82. The molecule has 0 aromatic carbocycles. The molecule has 30 heavy (non-hydrogen) atoms. The minimum atomic E-state index is 1.17. The Kier molecular flexibility index (Phi) is 17.3. The van der Waals surface area contributed by atoms with Gasteiger partial charge in [-0.25, -0.2) is 0 Å². The van der Waals surface area contributed by atoms with Gasteiger partial charge in [-0.2, -0.15) is 0 Å². The van der Waals surface area contributed by atoms with Crippen LogP contribution in [0.15, 0.2) is 69.9 Å². The number of rotatable bonds is 15. The van der Waals surface area contributed by atoms with E-state index in [0.29, 0.717) is 0 Å². The fourth-order valence-corrected chi connectivity index (χ4v) is 3.34. The maximum Gasteiger partial charge on any atom is -0.0288 e. The van der Waals surface area contributed by atoms with Crippen molar-refractivity contribution in [3.05, 3.63) is 69.9 Å². The largest absolute Gasteiger partial charge is 0.0856 e. The highest BCUT2D eigenvalue weighted by Crippen LogP contribution is 2.14. The average Bonchev–Trinajstić information content (AvgIpc) is 2.64. The lowest BCUT2D eigenvalue weighted by atomic mass is 10.0. The molecule has 0 saturated heterocycles. The number of hydrogen-bond acceptors (Lipinski definition) is 0. The predicted octanol–water partition coefficient (Wildman–Crippen LogP) is 10.6. The second kappa shape index (κ2) is 18.2. The van der Waals surface area contributed by atoms with E-state index in [-0.39, 0.29) is 0 Å². The minimum absolute atomic E-state index is 1.17. The molecule has 0 amide bonds. The van der Waals surface area contributed by atoms with Crippen molar-refractivity contribution < 1.29 is 0 Å². The second-order valence-electron chi connectivity index (χ2n) is 9.50. The Morgan fingerprint density at radius 3 is 0.833 bits per heavy atom. The molecule has 0 rings (SSSR count). The zero-order valence-electron chi connectivity index (χ0n) is 21.5. The first-order valence-electron chi connectivity index (χ1n) is 12.1. The summed E-state index contributed by atoms with van der Waals surface area (Å²) >= 11 is 0. The number of allylic oxidation sites excluding steroid dienone is 12. The Morgan fingerprint density at radius 2 is 0.567 bits per heavy atom. The van der Waals surface area contributed by atoms with Crippen LogP contribution in [0.1, 0.15) is 120 Å². The van der Waals surface area contributed by atoms with E-state index in [2.05, 4.69) is 91.8 Å². The Morgan fingerprint density at radius 1 is 0.333 bits per heavy atom. The fourth-order valence-electron chi connectivity index (χ4n) is 3.34. The fraction of sp³-hybridized carbons (Fsp3) is 0.600. The molecule has 0 unspecified atom stereocenters. The highest BCUT2D eigenvalue weighted by molar-refractivity contribution is 5.08. The van der Waals surface area contributed by atoms with Crippen LogP contribution in [0.25, 0.3) is 0 Å². The molecule has 0 heterocycles. The zero-order chi connectivity index (χ0) is 22.8. The molecule has 0 nitrogen and oxygen atoms in total. The van der Waals surface area contributed by atoms with Crippen LogP contribution in [0.3, 0.4) is 0 Å². The zero-order valence-corrected chi connectivity index (χ0v) is 21.5. The Labute approximate surface area is 189 Å². The third kappa shape index (κ3) is 19.7. The van der Waals surface area contributed by atoms with Crippen LogP contribution in [-0.2, 0) is 0 Å². The Bertz CT molecular complexity index is 636. The normalized spacial score (nSPS) is 13.5. The van der Waals surface area contributed by atoms with Crippen LogP contribution >= 0.6 is 0 Å². The molecule has 0 bridgehead atoms. The van der Waals surface area contributed by atoms with Gasteiger partial charge in [-0.05, 0) is 120 Å². The van der Waals surface area contributed by atoms with Crippen molar-refractivity contribution in [2.75, 3.05) is 0 Å². The van der Waals surface area contributed by atoms with Crippen LogP contribution in [0.2, 0.25) is 0 Å². The highest BCUT2D eigenvalue weighted by Gasteiger charge is 1.94. The van der Waals surface area contributed by atoms with Gasteiger partial charge in [-0.3, -0.25) is 0 Å². The van der Waals surface area contributed by atoms with E-state index < -0.39 is 0 Å². The van der Waals surface area contributed by atoms with Crippen molar-refractivity contribution in [2.45, 2.75) is 120 Å². The maximum atomic E-state index is 2.44. The van der Waals surface area contributed by atoms with E-state index in [9.17, 15) is 0 Å². The van der Waals surface area contributed by atoms with Gasteiger partial charge in [0.25, 0.3) is 0 Å². The first-order valence-corrected chi connectivity index (χ1v) is 12.1. The molecule has 0 aliphatic rings. The highest BCUT2D eigenvalue weighted by atomic mass is 14.0. The SMILES string of the molecule is CC(C)=CCC/C(C)=C/CC/C=C(\C)CC/C=C(\C)CC/C=C(\C)CCC=C(C)C. The summed E-state index contributed by atoms with van der Waals surface area (Å²) in [6.45, 7) is 17.8. The molecule has 0 aromatic heterocycles. The van der Waals surface area contributed by atoms with E-state index >= 15 is 0 Å². The molecule has 0 spiro atoms. The lowest BCUT2D eigenvalue weighted by Gasteiger charge is -2.03. The van der Waals surface area contributed by atoms with Crippen LogP contribution < -0.4 is 0 Å². The molecule has 0 aliphatic carbocycles. The first kappa shape index (κ1) is 28.4. The van der Waals surface area contributed by atoms with Gasteiger partial charge < -0.3 is 0 Å². The molecule has 170 valence electrons. The summed E-state index contributed by atoms with van der Waals surface area (Å²) < 4.78 is 0. The lowest BCUT2D eigenvalue weighted by molar-refractivity contribution is 0.892. The minimum Gasteiger partial charge on any atom is -0.0856 e. The molecule has 0 aliphatic heterocycles. The van der Waals surface area contributed by atoms with E-state index in [1.807, 2.05) is 0 Å². The number of hydrogen-bond donors (Lipinski definition) is 0. The van der Waals surface area contributed by atoms with Gasteiger partial charge in [0, 0.05) is 0 Å². The van der Waals surface area contributed by atoms with Gasteiger partial charge in [0.15, 0.2) is 0 Å².